The number of hydrogen-bond donors (Lipinski definition) is 2. The maximum Gasteiger partial charge on any atom is 0.448 e. The van der Waals surface area contributed by atoms with E-state index in [1.807, 2.05) is 27.7 Å². The van der Waals surface area contributed by atoms with Crippen LogP contribution in [0.1, 0.15) is 55.4 Å². The summed E-state index contributed by atoms with van der Waals surface area (Å²) in [5.41, 5.74) is -2.49. The first-order valence-corrected chi connectivity index (χ1v) is 6.64. The van der Waals surface area contributed by atoms with Gasteiger partial charge in [-0.2, -0.15) is 0 Å². The lowest BCUT2D eigenvalue weighted by atomic mass is 9.73. The third-order valence-corrected chi connectivity index (χ3v) is 3.99. The van der Waals surface area contributed by atoms with Crippen molar-refractivity contribution in [2.75, 3.05) is 0 Å². The summed E-state index contributed by atoms with van der Waals surface area (Å²) in [5, 5.41) is 18.2. The molecular formula is C13H28B2O4. The standard InChI is InChI=1S/C7H14B2O2.C6H14O2/c1-6(2)7(3,4)11-9(5-8)10-6;1-5(2,7)6(3,4)8/h5H2,1-4H3;7-8H,1-4H3. The Bertz CT molecular complexity index is 262. The predicted molar refractivity (Wildman–Crippen MR) is 79.2 cm³/mol. The highest BCUT2D eigenvalue weighted by atomic mass is 16.7. The van der Waals surface area contributed by atoms with Gasteiger partial charge in [-0.3, -0.25) is 0 Å². The van der Waals surface area contributed by atoms with Gasteiger partial charge in [0.2, 0.25) is 0 Å². The largest absolute Gasteiger partial charge is 0.448 e. The average Bonchev–Trinajstić information content (AvgIpc) is 2.33. The van der Waals surface area contributed by atoms with Gasteiger partial charge in [0.25, 0.3) is 0 Å². The zero-order chi connectivity index (χ0) is 15.7. The fraction of sp³-hybridized carbons (Fsp3) is 1.00. The Hall–Kier alpha value is -0.0301. The molecule has 2 N–H and O–H groups in total. The van der Waals surface area contributed by atoms with Crippen LogP contribution < -0.4 is 0 Å². The third kappa shape index (κ3) is 5.10. The van der Waals surface area contributed by atoms with Gasteiger partial charge < -0.3 is 19.5 Å². The number of hydrogen-bond acceptors (Lipinski definition) is 4. The molecule has 0 bridgehead atoms. The van der Waals surface area contributed by atoms with Gasteiger partial charge in [0.1, 0.15) is 0 Å². The van der Waals surface area contributed by atoms with E-state index in [4.69, 9.17) is 27.4 Å². The van der Waals surface area contributed by atoms with E-state index in [2.05, 4.69) is 0 Å². The first-order chi connectivity index (χ1) is 8.14. The van der Waals surface area contributed by atoms with E-state index in [0.717, 1.165) is 0 Å². The van der Waals surface area contributed by atoms with Crippen LogP contribution in [0, 0.1) is 0 Å². The lowest BCUT2D eigenvalue weighted by molar-refractivity contribution is -0.107. The maximum absolute atomic E-state index is 9.10. The van der Waals surface area contributed by atoms with Gasteiger partial charge in [-0.05, 0) is 55.4 Å². The van der Waals surface area contributed by atoms with Crippen LogP contribution >= 0.6 is 0 Å². The molecule has 19 heavy (non-hydrogen) atoms. The van der Waals surface area contributed by atoms with E-state index in [9.17, 15) is 0 Å². The summed E-state index contributed by atoms with van der Waals surface area (Å²) in [7, 11) is 5.19. The minimum absolute atomic E-state index is 0.236. The maximum atomic E-state index is 9.10. The molecule has 0 aromatic rings. The molecule has 1 fully saturated rings. The van der Waals surface area contributed by atoms with Crippen molar-refractivity contribution in [2.24, 2.45) is 0 Å². The molecule has 0 aliphatic carbocycles. The van der Waals surface area contributed by atoms with E-state index in [1.54, 1.807) is 27.7 Å². The molecule has 1 aliphatic rings. The van der Waals surface area contributed by atoms with Crippen LogP contribution in [-0.4, -0.2) is 47.6 Å². The molecule has 4 nitrogen and oxygen atoms in total. The Morgan fingerprint density at radius 2 is 1.16 bits per heavy atom. The summed E-state index contributed by atoms with van der Waals surface area (Å²) < 4.78 is 11.1. The van der Waals surface area contributed by atoms with Crippen molar-refractivity contribution in [3.63, 3.8) is 0 Å². The van der Waals surface area contributed by atoms with Crippen molar-refractivity contribution in [1.82, 2.24) is 0 Å². The van der Waals surface area contributed by atoms with Gasteiger partial charge in [0.15, 0.2) is 0 Å². The van der Waals surface area contributed by atoms with Crippen LogP contribution in [0.3, 0.4) is 0 Å². The first-order valence-electron chi connectivity index (χ1n) is 6.64. The van der Waals surface area contributed by atoms with Gasteiger partial charge in [0, 0.05) is 0 Å². The Morgan fingerprint density at radius 1 is 0.895 bits per heavy atom. The fourth-order valence-corrected chi connectivity index (χ4v) is 1.06. The Kier molecular flexibility index (Phi) is 5.75. The summed E-state index contributed by atoms with van der Waals surface area (Å²) in [5.74, 6) is 0. The van der Waals surface area contributed by atoms with Crippen molar-refractivity contribution in [1.29, 1.82) is 0 Å². The van der Waals surface area contributed by atoms with E-state index < -0.39 is 11.2 Å². The molecule has 1 heterocycles. The van der Waals surface area contributed by atoms with Gasteiger partial charge >= 0.3 is 7.12 Å². The molecule has 0 spiro atoms. The number of rotatable bonds is 2. The van der Waals surface area contributed by atoms with Crippen LogP contribution in [0.4, 0.5) is 0 Å². The Balaban J connectivity index is 0.000000362. The molecule has 0 amide bonds. The summed E-state index contributed by atoms with van der Waals surface area (Å²) in [6.45, 7) is 14.4. The molecule has 110 valence electrons. The fourth-order valence-electron chi connectivity index (χ4n) is 1.06. The van der Waals surface area contributed by atoms with Gasteiger partial charge in [-0.25, -0.2) is 0 Å². The molecule has 0 atom stereocenters. The SMILES string of the molecule is CC(C)(O)C(C)(C)O.[B]CB1OC(C)(C)C(C)(C)O1. The molecule has 2 radical (unpaired) electrons. The van der Waals surface area contributed by atoms with E-state index in [-0.39, 0.29) is 18.3 Å². The lowest BCUT2D eigenvalue weighted by Crippen LogP contribution is -2.44. The van der Waals surface area contributed by atoms with Crippen LogP contribution in [0.15, 0.2) is 0 Å². The molecule has 0 saturated carbocycles. The summed E-state index contributed by atoms with van der Waals surface area (Å²) in [4.78, 5) is 0. The second-order valence-corrected chi connectivity index (χ2v) is 7.04. The Labute approximate surface area is 119 Å². The smallest absolute Gasteiger partial charge is 0.404 e. The normalized spacial score (nSPS) is 21.9. The van der Waals surface area contributed by atoms with Crippen molar-refractivity contribution in [2.45, 2.75) is 84.0 Å². The monoisotopic (exact) mass is 270 g/mol. The highest BCUT2D eigenvalue weighted by Gasteiger charge is 2.49. The summed E-state index contributed by atoms with van der Waals surface area (Å²) >= 11 is 0. The van der Waals surface area contributed by atoms with E-state index in [0.29, 0.717) is 6.22 Å². The molecule has 0 aromatic carbocycles. The Morgan fingerprint density at radius 3 is 1.26 bits per heavy atom. The molecule has 6 heteroatoms. The van der Waals surface area contributed by atoms with Crippen molar-refractivity contribution >= 4 is 15.0 Å². The van der Waals surface area contributed by atoms with Gasteiger partial charge in [0.05, 0.1) is 30.3 Å². The molecule has 1 saturated heterocycles. The lowest BCUT2D eigenvalue weighted by Gasteiger charge is -2.32. The summed E-state index contributed by atoms with van der Waals surface area (Å²) in [6, 6.07) is 0. The van der Waals surface area contributed by atoms with Crippen LogP contribution in [0.5, 0.6) is 0 Å². The molecule has 1 rings (SSSR count). The minimum atomic E-state index is -1.01. The minimum Gasteiger partial charge on any atom is -0.404 e. The molecule has 0 aromatic heterocycles. The average molecular weight is 270 g/mol. The van der Waals surface area contributed by atoms with Gasteiger partial charge in [-0.15, -0.1) is 0 Å². The molecular weight excluding hydrogens is 242 g/mol. The van der Waals surface area contributed by atoms with Gasteiger partial charge in [-0.1, -0.05) is 6.22 Å². The topological polar surface area (TPSA) is 58.9 Å². The highest BCUT2D eigenvalue weighted by Crippen LogP contribution is 2.37. The highest BCUT2D eigenvalue weighted by molar-refractivity contribution is 6.54. The van der Waals surface area contributed by atoms with Crippen molar-refractivity contribution in [3.05, 3.63) is 0 Å². The zero-order valence-electron chi connectivity index (χ0n) is 13.6. The molecule has 0 unspecified atom stereocenters. The number of aliphatic hydroxyl groups is 2. The second-order valence-electron chi connectivity index (χ2n) is 7.04. The van der Waals surface area contributed by atoms with Crippen molar-refractivity contribution in [3.8, 4) is 0 Å². The predicted octanol–water partition coefficient (Wildman–Crippen LogP) is 1.73. The quantitative estimate of drug-likeness (QED) is 0.750. The molecule has 1 aliphatic heterocycles. The van der Waals surface area contributed by atoms with E-state index in [1.165, 1.54) is 0 Å². The van der Waals surface area contributed by atoms with Crippen LogP contribution in [-0.2, 0) is 9.31 Å². The van der Waals surface area contributed by atoms with E-state index >= 15 is 0 Å². The summed E-state index contributed by atoms with van der Waals surface area (Å²) in [6.07, 6.45) is 0.423. The third-order valence-electron chi connectivity index (χ3n) is 3.99. The van der Waals surface area contributed by atoms with Crippen molar-refractivity contribution < 1.29 is 19.5 Å². The first kappa shape index (κ1) is 19.0. The van der Waals surface area contributed by atoms with Crippen LogP contribution in [0.25, 0.3) is 0 Å². The second kappa shape index (κ2) is 5.76. The van der Waals surface area contributed by atoms with Crippen LogP contribution in [0.2, 0.25) is 6.22 Å². The zero-order valence-corrected chi connectivity index (χ0v) is 13.6.